The first-order valence-corrected chi connectivity index (χ1v) is 26.2. The lowest BCUT2D eigenvalue weighted by molar-refractivity contribution is -0.117. The van der Waals surface area contributed by atoms with Gasteiger partial charge in [0.2, 0.25) is 0 Å². The van der Waals surface area contributed by atoms with Crippen LogP contribution in [0, 0.1) is 0 Å². The highest BCUT2D eigenvalue weighted by Crippen LogP contribution is 2.29. The SMILES string of the molecule is C1=C(c2ccn[nH]2)CNC1.CC(C)(C)OC(=O)N1CC=C(OS(=O)(=O)C(F)(F)F)C1.CC(C)(C)OC(=O)N1CC=C(c2ccn[nH]2)C1.CC(C)(C)OC(=O)N1CCC(=O)C1.CC(C)(C)OC(=O)N1CCC(c2ccn[nH]2)C1. The van der Waals surface area contributed by atoms with Gasteiger partial charge in [0.25, 0.3) is 0 Å². The van der Waals surface area contributed by atoms with E-state index in [0.717, 1.165) is 59.7 Å². The third-order valence-electron chi connectivity index (χ3n) is 10.6. The second-order valence-corrected chi connectivity index (χ2v) is 23.6. The molecule has 3 aromatic heterocycles. The van der Waals surface area contributed by atoms with E-state index in [2.05, 4.69) is 46.2 Å². The molecule has 1 atom stereocenters. The van der Waals surface area contributed by atoms with E-state index < -0.39 is 62.5 Å². The molecule has 1 unspecified atom stereocenters. The van der Waals surface area contributed by atoms with Crippen LogP contribution < -0.4 is 5.32 Å². The smallest absolute Gasteiger partial charge is 0.444 e. The zero-order valence-corrected chi connectivity index (χ0v) is 46.6. The average Bonchev–Trinajstić information content (AvgIpc) is 4.14. The molecule has 0 aliphatic carbocycles. The number of aromatic amines is 3. The average molecular weight is 1110 g/mol. The first-order chi connectivity index (χ1) is 35.6. The molecular formula is C50H74F3N11O12S. The number of Topliss-reactive ketones (excluding diaryl/α,β-unsaturated/α-hetero) is 1. The molecular weight excluding hydrogens is 1040 g/mol. The summed E-state index contributed by atoms with van der Waals surface area (Å²) in [6.45, 7) is 26.3. The predicted molar refractivity (Wildman–Crippen MR) is 277 cm³/mol. The molecule has 27 heteroatoms. The molecule has 4 N–H and O–H groups in total. The number of ether oxygens (including phenoxy) is 4. The summed E-state index contributed by atoms with van der Waals surface area (Å²) < 4.78 is 82.6. The lowest BCUT2D eigenvalue weighted by Gasteiger charge is -2.24. The zero-order valence-electron chi connectivity index (χ0n) is 45.8. The van der Waals surface area contributed by atoms with Gasteiger partial charge in [0.15, 0.2) is 5.78 Å². The number of nitrogens with zero attached hydrogens (tertiary/aromatic N) is 7. The van der Waals surface area contributed by atoms with Gasteiger partial charge in [-0.05, 0) is 125 Å². The highest BCUT2D eigenvalue weighted by Gasteiger charge is 2.49. The molecule has 0 bridgehead atoms. The second kappa shape index (κ2) is 26.4. The van der Waals surface area contributed by atoms with Crippen LogP contribution in [0.2, 0.25) is 0 Å². The Kier molecular flexibility index (Phi) is 21.5. The summed E-state index contributed by atoms with van der Waals surface area (Å²) in [5, 5.41) is 23.7. The van der Waals surface area contributed by atoms with Gasteiger partial charge in [-0.25, -0.2) is 19.2 Å². The van der Waals surface area contributed by atoms with E-state index >= 15 is 0 Å². The van der Waals surface area contributed by atoms with E-state index in [1.54, 1.807) is 49.2 Å². The minimum absolute atomic E-state index is 0.0857. The number of rotatable bonds is 5. The van der Waals surface area contributed by atoms with Crippen LogP contribution in [0.4, 0.5) is 32.3 Å². The number of amides is 4. The van der Waals surface area contributed by atoms with Gasteiger partial charge >= 0.3 is 40.0 Å². The fourth-order valence-electron chi connectivity index (χ4n) is 7.12. The Bertz CT molecular complexity index is 2600. The number of hydrogen-bond acceptors (Lipinski definition) is 16. The van der Waals surface area contributed by atoms with Crippen molar-refractivity contribution in [3.05, 3.63) is 77.9 Å². The van der Waals surface area contributed by atoms with Gasteiger partial charge in [0, 0.05) is 82.4 Å². The molecule has 0 spiro atoms. The summed E-state index contributed by atoms with van der Waals surface area (Å²) >= 11 is 0. The van der Waals surface area contributed by atoms with Crippen molar-refractivity contribution in [2.24, 2.45) is 0 Å². The molecule has 5 aliphatic heterocycles. The van der Waals surface area contributed by atoms with Crippen molar-refractivity contribution in [3.63, 3.8) is 0 Å². The quantitative estimate of drug-likeness (QED) is 0.108. The summed E-state index contributed by atoms with van der Waals surface area (Å²) in [5.74, 6) is -0.0101. The monoisotopic (exact) mass is 1110 g/mol. The van der Waals surface area contributed by atoms with Gasteiger partial charge in [-0.15, -0.1) is 0 Å². The third-order valence-corrected chi connectivity index (χ3v) is 11.6. The van der Waals surface area contributed by atoms with Crippen LogP contribution >= 0.6 is 0 Å². The van der Waals surface area contributed by atoms with E-state index in [0.29, 0.717) is 38.5 Å². The Morgan fingerprint density at radius 2 is 1.08 bits per heavy atom. The summed E-state index contributed by atoms with van der Waals surface area (Å²) in [4.78, 5) is 63.4. The number of halogens is 3. The van der Waals surface area contributed by atoms with Crippen molar-refractivity contribution < 1.29 is 68.7 Å². The van der Waals surface area contributed by atoms with E-state index in [-0.39, 0.29) is 31.1 Å². The Balaban J connectivity index is 0.000000211. The number of nitrogens with one attached hydrogen (secondary N) is 4. The topological polar surface area (TPSA) is 277 Å². The zero-order chi connectivity index (χ0) is 57.6. The van der Waals surface area contributed by atoms with Gasteiger partial charge in [-0.1, -0.05) is 12.2 Å². The largest absolute Gasteiger partial charge is 0.534 e. The molecule has 428 valence electrons. The molecule has 2 fully saturated rings. The van der Waals surface area contributed by atoms with Crippen molar-refractivity contribution in [1.82, 2.24) is 55.5 Å². The molecule has 3 aromatic rings. The fourth-order valence-corrected chi connectivity index (χ4v) is 7.62. The molecule has 23 nitrogen and oxygen atoms in total. The molecule has 0 radical (unpaired) electrons. The predicted octanol–water partition coefficient (Wildman–Crippen LogP) is 7.76. The first-order valence-electron chi connectivity index (χ1n) is 24.8. The number of aromatic nitrogens is 6. The molecule has 2 saturated heterocycles. The normalized spacial score (nSPS) is 17.7. The van der Waals surface area contributed by atoms with Gasteiger partial charge in [0.1, 0.15) is 28.2 Å². The number of carbonyl (C=O) groups is 5. The van der Waals surface area contributed by atoms with Crippen molar-refractivity contribution in [1.29, 1.82) is 0 Å². The number of H-pyrrole nitrogens is 3. The third kappa shape index (κ3) is 21.9. The maximum Gasteiger partial charge on any atom is 0.534 e. The van der Waals surface area contributed by atoms with Crippen molar-refractivity contribution in [2.45, 2.75) is 130 Å². The van der Waals surface area contributed by atoms with Gasteiger partial charge in [-0.2, -0.15) is 36.9 Å². The van der Waals surface area contributed by atoms with E-state index in [1.165, 1.54) is 10.5 Å². The van der Waals surface area contributed by atoms with Crippen LogP contribution in [0.1, 0.15) is 119 Å². The van der Waals surface area contributed by atoms with E-state index in [9.17, 15) is 45.6 Å². The molecule has 0 aromatic carbocycles. The number of carbonyl (C=O) groups excluding carboxylic acids is 5. The Morgan fingerprint density at radius 3 is 1.52 bits per heavy atom. The fraction of sp³-hybridized carbons (Fsp3) is 0.600. The van der Waals surface area contributed by atoms with E-state index in [4.69, 9.17) is 18.9 Å². The summed E-state index contributed by atoms with van der Waals surface area (Å²) in [5.41, 5.74) is -2.06. The highest BCUT2D eigenvalue weighted by atomic mass is 32.2. The Morgan fingerprint density at radius 1 is 0.597 bits per heavy atom. The molecule has 77 heavy (non-hydrogen) atoms. The van der Waals surface area contributed by atoms with Gasteiger partial charge in [0.05, 0.1) is 31.0 Å². The van der Waals surface area contributed by atoms with Crippen LogP contribution in [0.25, 0.3) is 11.1 Å². The van der Waals surface area contributed by atoms with Gasteiger partial charge < -0.3 is 43.1 Å². The van der Waals surface area contributed by atoms with Crippen molar-refractivity contribution in [3.8, 4) is 0 Å². The van der Waals surface area contributed by atoms with Crippen LogP contribution in [-0.4, -0.2) is 182 Å². The molecule has 5 aliphatic rings. The minimum atomic E-state index is -5.71. The van der Waals surface area contributed by atoms with Crippen LogP contribution in [-0.2, 0) is 38.0 Å². The number of ketones is 1. The maximum absolute atomic E-state index is 12.1. The number of hydrogen-bond donors (Lipinski definition) is 4. The lowest BCUT2D eigenvalue weighted by atomic mass is 10.1. The van der Waals surface area contributed by atoms with Crippen molar-refractivity contribution in [2.75, 3.05) is 65.4 Å². The Labute approximate surface area is 447 Å². The summed E-state index contributed by atoms with van der Waals surface area (Å²) in [6, 6.07) is 5.84. The standard InChI is InChI=1S/C12H19N3O2.C12H17N3O2.C10H14F3NO5S.C9H15NO3.C7H9N3/c2*1-12(2,3)17-11(16)15-7-5-9(8-15)10-4-6-13-14-10;1-9(2,3)18-8(15)14-5-4-7(6-14)19-20(16,17)10(11,12)13;1-9(2,3)13-8(12)10-5-4-7(11)6-10;1-3-8-5-6(1)7-2-4-9-10-7/h4,6,9H,5,7-8H2,1-3H3,(H,13,14);4-6H,7-8H2,1-3H3,(H,13,14);4H,5-6H2,1-3H3;4-6H2,1-3H3;1-2,4,8H,3,5H2,(H,9,10). The minimum Gasteiger partial charge on any atom is -0.444 e. The number of alkyl halides is 3. The summed E-state index contributed by atoms with van der Waals surface area (Å²) in [6.07, 6.45) is 10.2. The van der Waals surface area contributed by atoms with Crippen LogP contribution in [0.15, 0.2) is 60.8 Å². The number of likely N-dealkylation sites (tertiary alicyclic amines) is 2. The molecule has 4 amide bonds. The Hall–Kier alpha value is -6.90. The van der Waals surface area contributed by atoms with Gasteiger partial charge in [-0.3, -0.25) is 25.0 Å². The molecule has 0 saturated carbocycles. The van der Waals surface area contributed by atoms with E-state index in [1.807, 2.05) is 86.6 Å². The molecule has 8 rings (SSSR count). The maximum atomic E-state index is 12.1. The lowest BCUT2D eigenvalue weighted by Crippen LogP contribution is -2.36. The second-order valence-electron chi connectivity index (χ2n) is 22.0. The highest BCUT2D eigenvalue weighted by molar-refractivity contribution is 7.87. The van der Waals surface area contributed by atoms with Crippen LogP contribution in [0.3, 0.4) is 0 Å². The van der Waals surface area contributed by atoms with Crippen LogP contribution in [0.5, 0.6) is 0 Å². The molecule has 8 heterocycles. The van der Waals surface area contributed by atoms with Crippen molar-refractivity contribution >= 4 is 51.4 Å². The summed E-state index contributed by atoms with van der Waals surface area (Å²) in [7, 11) is -5.71. The first kappa shape index (κ1) is 62.6.